The number of carbonyl (C=O) groups is 2. The van der Waals surface area contributed by atoms with Gasteiger partial charge in [-0.3, -0.25) is 14.5 Å². The quantitative estimate of drug-likeness (QED) is 0.457. The molecule has 2 heterocycles. The number of fused-ring (bicyclic) bond motifs is 1. The van der Waals surface area contributed by atoms with Crippen molar-refractivity contribution in [2.45, 2.75) is 51.7 Å². The predicted molar refractivity (Wildman–Crippen MR) is 143 cm³/mol. The Hall–Kier alpha value is -3.65. The van der Waals surface area contributed by atoms with Crippen molar-refractivity contribution >= 4 is 11.8 Å². The van der Waals surface area contributed by atoms with Gasteiger partial charge >= 0.3 is 0 Å². The van der Waals surface area contributed by atoms with Gasteiger partial charge in [0, 0.05) is 56.2 Å². The first-order valence-corrected chi connectivity index (χ1v) is 13.2. The molecule has 2 N–H and O–H groups in total. The number of nitrogens with one attached hydrogen (secondary N) is 2. The number of rotatable bonds is 8. The van der Waals surface area contributed by atoms with Crippen molar-refractivity contribution in [3.8, 4) is 5.75 Å². The molecule has 3 aromatic rings. The minimum absolute atomic E-state index is 0.0293. The molecule has 8 nitrogen and oxygen atoms in total. The summed E-state index contributed by atoms with van der Waals surface area (Å²) < 4.78 is 8.22. The summed E-state index contributed by atoms with van der Waals surface area (Å²) in [6.07, 6.45) is 10.2. The zero-order valence-corrected chi connectivity index (χ0v) is 21.4. The van der Waals surface area contributed by atoms with Crippen LogP contribution in [0.4, 0.5) is 0 Å². The fraction of sp³-hybridized carbons (Fsp3) is 0.414. The molecule has 196 valence electrons. The summed E-state index contributed by atoms with van der Waals surface area (Å²) in [6, 6.07) is 15.8. The lowest BCUT2D eigenvalue weighted by Crippen LogP contribution is -2.37. The molecule has 37 heavy (non-hydrogen) atoms. The number of imidazole rings is 1. The monoisotopic (exact) mass is 503 g/mol. The van der Waals surface area contributed by atoms with Crippen molar-refractivity contribution < 1.29 is 14.3 Å². The van der Waals surface area contributed by atoms with Gasteiger partial charge in [-0.15, -0.1) is 0 Å². The standard InChI is InChI=1S/C29H37N5O3/c35-28-22-34(20-24-9-3-1-4-10-24)21-26-12-11-25(19-27(26)37-18-8-2-5-13-31-28)29(36)32-14-6-7-16-33-17-15-30-23-33/h1,3-4,9-12,15,17,19,23H,2,5-8,13-14,16,18,20-22H2,(H,31,35)(H,32,36). The molecule has 0 unspecified atom stereocenters. The number of nitrogens with zero attached hydrogens (tertiary/aromatic N) is 3. The van der Waals surface area contributed by atoms with E-state index in [0.717, 1.165) is 49.8 Å². The van der Waals surface area contributed by atoms with Gasteiger partial charge in [0.05, 0.1) is 19.5 Å². The van der Waals surface area contributed by atoms with Gasteiger partial charge < -0.3 is 19.9 Å². The van der Waals surface area contributed by atoms with Crippen LogP contribution in [0, 0.1) is 0 Å². The van der Waals surface area contributed by atoms with E-state index < -0.39 is 0 Å². The average Bonchev–Trinajstić information content (AvgIpc) is 3.42. The maximum Gasteiger partial charge on any atom is 0.251 e. The Morgan fingerprint density at radius 2 is 1.95 bits per heavy atom. The van der Waals surface area contributed by atoms with Crippen LogP contribution in [0.3, 0.4) is 0 Å². The van der Waals surface area contributed by atoms with Crippen molar-refractivity contribution in [1.29, 1.82) is 0 Å². The van der Waals surface area contributed by atoms with Crippen LogP contribution in [0.15, 0.2) is 67.3 Å². The number of ether oxygens (including phenoxy) is 1. The SMILES string of the molecule is O=C1CN(Cc2ccccc2)Cc2ccc(C(=O)NCCCCn3ccnc3)cc2OCCCCCN1. The van der Waals surface area contributed by atoms with Crippen LogP contribution in [0.25, 0.3) is 0 Å². The number of aromatic nitrogens is 2. The molecule has 0 saturated heterocycles. The molecular weight excluding hydrogens is 466 g/mol. The summed E-state index contributed by atoms with van der Waals surface area (Å²) in [4.78, 5) is 31.6. The normalized spacial score (nSPS) is 15.3. The smallest absolute Gasteiger partial charge is 0.251 e. The molecule has 0 radical (unpaired) electrons. The minimum atomic E-state index is -0.0996. The first-order valence-electron chi connectivity index (χ1n) is 13.2. The first-order chi connectivity index (χ1) is 18.2. The minimum Gasteiger partial charge on any atom is -0.493 e. The summed E-state index contributed by atoms with van der Waals surface area (Å²) in [5, 5.41) is 6.07. The van der Waals surface area contributed by atoms with Crippen LogP contribution in [-0.2, 0) is 24.4 Å². The molecule has 0 spiro atoms. The van der Waals surface area contributed by atoms with Crippen LogP contribution in [0.1, 0.15) is 53.6 Å². The lowest BCUT2D eigenvalue weighted by Gasteiger charge is -2.23. The van der Waals surface area contributed by atoms with E-state index in [0.29, 0.717) is 50.6 Å². The second-order valence-electron chi connectivity index (χ2n) is 9.48. The Morgan fingerprint density at radius 1 is 1.05 bits per heavy atom. The molecule has 0 fully saturated rings. The number of hydrogen-bond donors (Lipinski definition) is 2. The fourth-order valence-corrected chi connectivity index (χ4v) is 4.43. The Kier molecular flexibility index (Phi) is 10.1. The van der Waals surface area contributed by atoms with Gasteiger partial charge in [-0.05, 0) is 49.8 Å². The summed E-state index contributed by atoms with van der Waals surface area (Å²) in [7, 11) is 0. The third kappa shape index (κ3) is 8.75. The third-order valence-electron chi connectivity index (χ3n) is 6.43. The third-order valence-corrected chi connectivity index (χ3v) is 6.43. The highest BCUT2D eigenvalue weighted by Crippen LogP contribution is 2.24. The van der Waals surface area contributed by atoms with Crippen LogP contribution in [0.2, 0.25) is 0 Å². The van der Waals surface area contributed by atoms with Crippen LogP contribution in [-0.4, -0.2) is 52.5 Å². The molecular formula is C29H37N5O3. The van der Waals surface area contributed by atoms with Crippen LogP contribution >= 0.6 is 0 Å². The van der Waals surface area contributed by atoms with E-state index in [1.807, 2.05) is 47.2 Å². The summed E-state index contributed by atoms with van der Waals surface area (Å²) >= 11 is 0. The first kappa shape index (κ1) is 26.4. The van der Waals surface area contributed by atoms with Crippen molar-refractivity contribution in [3.63, 3.8) is 0 Å². The maximum absolute atomic E-state index is 12.8. The lowest BCUT2D eigenvalue weighted by molar-refractivity contribution is -0.122. The maximum atomic E-state index is 12.8. The van der Waals surface area contributed by atoms with Gasteiger partial charge in [-0.2, -0.15) is 0 Å². The molecule has 0 bridgehead atoms. The van der Waals surface area contributed by atoms with Gasteiger partial charge in [0.15, 0.2) is 0 Å². The number of aryl methyl sites for hydroxylation is 1. The van der Waals surface area contributed by atoms with Crippen molar-refractivity contribution in [3.05, 3.63) is 83.9 Å². The molecule has 0 aliphatic carbocycles. The fourth-order valence-electron chi connectivity index (χ4n) is 4.43. The average molecular weight is 504 g/mol. The summed E-state index contributed by atoms with van der Waals surface area (Å²) in [6.45, 7) is 4.26. The van der Waals surface area contributed by atoms with Crippen LogP contribution in [0.5, 0.6) is 5.75 Å². The number of hydrogen-bond acceptors (Lipinski definition) is 5. The highest BCUT2D eigenvalue weighted by atomic mass is 16.5. The topological polar surface area (TPSA) is 88.5 Å². The Labute approximate surface area is 219 Å². The van der Waals surface area contributed by atoms with Crippen molar-refractivity contribution in [2.75, 3.05) is 26.2 Å². The number of unbranched alkanes of at least 4 members (excludes halogenated alkanes) is 1. The van der Waals surface area contributed by atoms with E-state index in [2.05, 4.69) is 32.7 Å². The molecule has 1 aliphatic rings. The largest absolute Gasteiger partial charge is 0.493 e. The summed E-state index contributed by atoms with van der Waals surface area (Å²) in [5.41, 5.74) is 2.70. The second-order valence-corrected chi connectivity index (χ2v) is 9.48. The molecule has 1 aliphatic heterocycles. The highest BCUT2D eigenvalue weighted by Gasteiger charge is 2.17. The molecule has 0 saturated carbocycles. The molecule has 8 heteroatoms. The molecule has 0 atom stereocenters. The van der Waals surface area contributed by atoms with Gasteiger partial charge in [0.2, 0.25) is 5.91 Å². The predicted octanol–water partition coefficient (Wildman–Crippen LogP) is 3.77. The van der Waals surface area contributed by atoms with Gasteiger partial charge in [-0.1, -0.05) is 36.4 Å². The Bertz CT molecular complexity index is 1120. The molecule has 4 rings (SSSR count). The summed E-state index contributed by atoms with van der Waals surface area (Å²) in [5.74, 6) is 0.643. The molecule has 1 aromatic heterocycles. The van der Waals surface area contributed by atoms with E-state index in [9.17, 15) is 9.59 Å². The molecule has 2 aromatic carbocycles. The van der Waals surface area contributed by atoms with Crippen molar-refractivity contribution in [1.82, 2.24) is 25.1 Å². The van der Waals surface area contributed by atoms with Crippen LogP contribution < -0.4 is 15.4 Å². The van der Waals surface area contributed by atoms with E-state index in [1.165, 1.54) is 0 Å². The highest BCUT2D eigenvalue weighted by molar-refractivity contribution is 5.94. The zero-order chi connectivity index (χ0) is 25.7. The van der Waals surface area contributed by atoms with Gasteiger partial charge in [0.1, 0.15) is 5.75 Å². The number of carbonyl (C=O) groups excluding carboxylic acids is 2. The Morgan fingerprint density at radius 3 is 2.78 bits per heavy atom. The second kappa shape index (κ2) is 14.2. The van der Waals surface area contributed by atoms with E-state index in [-0.39, 0.29) is 11.8 Å². The zero-order valence-electron chi connectivity index (χ0n) is 21.4. The van der Waals surface area contributed by atoms with Crippen molar-refractivity contribution in [2.24, 2.45) is 0 Å². The van der Waals surface area contributed by atoms with E-state index in [4.69, 9.17) is 4.74 Å². The Balaban J connectivity index is 1.42. The van der Waals surface area contributed by atoms with E-state index in [1.54, 1.807) is 12.5 Å². The lowest BCUT2D eigenvalue weighted by atomic mass is 10.1. The molecule has 2 amide bonds. The van der Waals surface area contributed by atoms with Gasteiger partial charge in [0.25, 0.3) is 5.91 Å². The number of amides is 2. The van der Waals surface area contributed by atoms with Gasteiger partial charge in [-0.25, -0.2) is 4.98 Å². The van der Waals surface area contributed by atoms with E-state index >= 15 is 0 Å². The number of benzene rings is 2.